The Morgan fingerprint density at radius 1 is 1.38 bits per heavy atom. The monoisotopic (exact) mass is 394 g/mol. The minimum Gasteiger partial charge on any atom is -0.378 e. The van der Waals surface area contributed by atoms with Gasteiger partial charge in [0.1, 0.15) is 17.2 Å². The number of aromatic nitrogens is 3. The van der Waals surface area contributed by atoms with E-state index in [4.69, 9.17) is 14.5 Å². The highest BCUT2D eigenvalue weighted by Gasteiger charge is 2.38. The third-order valence-corrected chi connectivity index (χ3v) is 5.50. The van der Waals surface area contributed by atoms with E-state index in [9.17, 15) is 4.79 Å². The average Bonchev–Trinajstić information content (AvgIpc) is 3.32. The van der Waals surface area contributed by atoms with E-state index in [0.29, 0.717) is 19.0 Å². The molecule has 1 N–H and O–H groups in total. The smallest absolute Gasteiger partial charge is 0.222 e. The molecule has 0 aliphatic carbocycles. The molecule has 4 rings (SSSR count). The molecule has 3 aromatic heterocycles. The molecular formula is C22H26N4O3. The maximum absolute atomic E-state index is 11.5. The van der Waals surface area contributed by atoms with Crippen LogP contribution < -0.4 is 5.32 Å². The zero-order chi connectivity index (χ0) is 20.6. The number of nitrogens with one attached hydrogen (secondary N) is 1. The summed E-state index contributed by atoms with van der Waals surface area (Å²) in [7, 11) is 1.71. The summed E-state index contributed by atoms with van der Waals surface area (Å²) in [5.41, 5.74) is 3.60. The van der Waals surface area contributed by atoms with E-state index in [0.717, 1.165) is 40.8 Å². The number of rotatable bonds is 5. The highest BCUT2D eigenvalue weighted by atomic mass is 16.5. The normalized spacial score (nSPS) is 19.0. The van der Waals surface area contributed by atoms with E-state index in [2.05, 4.69) is 47.0 Å². The lowest BCUT2D eigenvalue weighted by atomic mass is 9.97. The Kier molecular flexibility index (Phi) is 5.10. The maximum Gasteiger partial charge on any atom is 0.222 e. The van der Waals surface area contributed by atoms with Gasteiger partial charge in [-0.25, -0.2) is 9.97 Å². The minimum atomic E-state index is -0.514. The van der Waals surface area contributed by atoms with Crippen LogP contribution in [0.5, 0.6) is 0 Å². The Morgan fingerprint density at radius 2 is 2.21 bits per heavy atom. The Morgan fingerprint density at radius 3 is 2.86 bits per heavy atom. The molecule has 1 saturated heterocycles. The van der Waals surface area contributed by atoms with E-state index in [1.807, 2.05) is 12.3 Å². The van der Waals surface area contributed by atoms with Crippen LogP contribution in [0, 0.1) is 6.92 Å². The van der Waals surface area contributed by atoms with Gasteiger partial charge in [0, 0.05) is 50.9 Å². The Balaban J connectivity index is 1.88. The largest absolute Gasteiger partial charge is 0.378 e. The van der Waals surface area contributed by atoms with Crippen molar-refractivity contribution in [2.24, 2.45) is 0 Å². The zero-order valence-corrected chi connectivity index (χ0v) is 17.3. The molecule has 1 atom stereocenters. The summed E-state index contributed by atoms with van der Waals surface area (Å²) in [6.07, 6.45) is 5.57. The molecule has 0 aromatic carbocycles. The second kappa shape index (κ2) is 7.57. The van der Waals surface area contributed by atoms with Crippen LogP contribution in [-0.2, 0) is 26.3 Å². The van der Waals surface area contributed by atoms with Crippen molar-refractivity contribution in [3.05, 3.63) is 47.4 Å². The molecule has 7 nitrogen and oxygen atoms in total. The summed E-state index contributed by atoms with van der Waals surface area (Å²) in [6.45, 7) is 6.82. The predicted octanol–water partition coefficient (Wildman–Crippen LogP) is 3.51. The second-order valence-electron chi connectivity index (χ2n) is 7.53. The van der Waals surface area contributed by atoms with Gasteiger partial charge in [0.15, 0.2) is 0 Å². The van der Waals surface area contributed by atoms with Crippen LogP contribution in [-0.4, -0.2) is 40.8 Å². The van der Waals surface area contributed by atoms with Gasteiger partial charge in [0.2, 0.25) is 5.91 Å². The first-order chi connectivity index (χ1) is 14.0. The Labute approximate surface area is 170 Å². The van der Waals surface area contributed by atoms with Crippen molar-refractivity contribution in [3.63, 3.8) is 0 Å². The number of nitrogens with zero attached hydrogens (tertiary/aromatic N) is 3. The van der Waals surface area contributed by atoms with Gasteiger partial charge < -0.3 is 19.4 Å². The molecule has 1 aliphatic heterocycles. The summed E-state index contributed by atoms with van der Waals surface area (Å²) in [5, 5.41) is 3.82. The molecule has 152 valence electrons. The van der Waals surface area contributed by atoms with Gasteiger partial charge >= 0.3 is 0 Å². The fourth-order valence-electron chi connectivity index (χ4n) is 3.93. The Bertz CT molecular complexity index is 1070. The molecule has 1 aliphatic rings. The van der Waals surface area contributed by atoms with Gasteiger partial charge in [-0.3, -0.25) is 4.79 Å². The highest BCUT2D eigenvalue weighted by molar-refractivity contribution is 5.92. The van der Waals surface area contributed by atoms with Crippen LogP contribution in [0.1, 0.15) is 37.1 Å². The second-order valence-corrected chi connectivity index (χ2v) is 7.53. The predicted molar refractivity (Wildman–Crippen MR) is 111 cm³/mol. The standard InChI is InChI=1S/C22H26N4O3/c1-5-16-12-26(18-10-20(24-15(3)27)23-11-17(16)18)21-9-14(2)8-19(25-21)22(28-4)6-7-29-13-22/h8-12H,5-7,13H2,1-4H3,(H,23,24,27)/t22-/m0/s1. The molecule has 3 aromatic rings. The van der Waals surface area contributed by atoms with E-state index in [-0.39, 0.29) is 5.91 Å². The van der Waals surface area contributed by atoms with Crippen molar-refractivity contribution in [1.29, 1.82) is 0 Å². The average molecular weight is 394 g/mol. The zero-order valence-electron chi connectivity index (χ0n) is 17.3. The number of aryl methyl sites for hydroxylation is 2. The van der Waals surface area contributed by atoms with Gasteiger partial charge in [-0.1, -0.05) is 6.92 Å². The number of carbonyl (C=O) groups is 1. The fraction of sp³-hybridized carbons (Fsp3) is 0.409. The molecule has 0 bridgehead atoms. The third-order valence-electron chi connectivity index (χ3n) is 5.50. The van der Waals surface area contributed by atoms with Crippen molar-refractivity contribution in [2.45, 2.75) is 39.2 Å². The molecule has 0 saturated carbocycles. The first-order valence-electron chi connectivity index (χ1n) is 9.86. The third kappa shape index (κ3) is 3.52. The first-order valence-corrected chi connectivity index (χ1v) is 9.86. The Hall–Kier alpha value is -2.77. The van der Waals surface area contributed by atoms with Crippen LogP contribution in [0.3, 0.4) is 0 Å². The lowest BCUT2D eigenvalue weighted by Crippen LogP contribution is -2.30. The van der Waals surface area contributed by atoms with Gasteiger partial charge in [0.05, 0.1) is 17.8 Å². The van der Waals surface area contributed by atoms with Gasteiger partial charge in [-0.05, 0) is 36.6 Å². The summed E-state index contributed by atoms with van der Waals surface area (Å²) in [6, 6.07) is 6.02. The molecule has 7 heteroatoms. The number of amides is 1. The van der Waals surface area contributed by atoms with E-state index in [1.165, 1.54) is 12.5 Å². The molecule has 0 spiro atoms. The van der Waals surface area contributed by atoms with Crippen molar-refractivity contribution >= 4 is 22.6 Å². The number of carbonyl (C=O) groups excluding carboxylic acids is 1. The minimum absolute atomic E-state index is 0.148. The quantitative estimate of drug-likeness (QED) is 0.716. The van der Waals surface area contributed by atoms with Crippen molar-refractivity contribution in [2.75, 3.05) is 25.6 Å². The van der Waals surface area contributed by atoms with E-state index < -0.39 is 5.60 Å². The SMILES string of the molecule is CCc1cn(-c2cc(C)cc([C@]3(OC)CCOC3)n2)c2cc(NC(C)=O)ncc12. The van der Waals surface area contributed by atoms with E-state index >= 15 is 0 Å². The molecule has 0 unspecified atom stereocenters. The lowest BCUT2D eigenvalue weighted by molar-refractivity contribution is -0.114. The molecular weight excluding hydrogens is 368 g/mol. The van der Waals surface area contributed by atoms with Crippen LogP contribution in [0.2, 0.25) is 0 Å². The van der Waals surface area contributed by atoms with Gasteiger partial charge in [0.25, 0.3) is 0 Å². The number of hydrogen-bond donors (Lipinski definition) is 1. The molecule has 1 amide bonds. The summed E-state index contributed by atoms with van der Waals surface area (Å²) < 4.78 is 13.5. The molecule has 0 radical (unpaired) electrons. The van der Waals surface area contributed by atoms with Crippen LogP contribution in [0.4, 0.5) is 5.82 Å². The van der Waals surface area contributed by atoms with Gasteiger partial charge in [-0.2, -0.15) is 0 Å². The number of methoxy groups -OCH3 is 1. The van der Waals surface area contributed by atoms with Gasteiger partial charge in [-0.15, -0.1) is 0 Å². The van der Waals surface area contributed by atoms with Crippen LogP contribution in [0.15, 0.2) is 30.6 Å². The topological polar surface area (TPSA) is 78.3 Å². The number of pyridine rings is 2. The number of anilines is 1. The van der Waals surface area contributed by atoms with Crippen LogP contribution in [0.25, 0.3) is 16.7 Å². The molecule has 1 fully saturated rings. The first kappa shape index (κ1) is 19.5. The maximum atomic E-state index is 11.5. The van der Waals surface area contributed by atoms with E-state index in [1.54, 1.807) is 7.11 Å². The summed E-state index contributed by atoms with van der Waals surface area (Å²) in [4.78, 5) is 20.8. The van der Waals surface area contributed by atoms with Crippen molar-refractivity contribution < 1.29 is 14.3 Å². The lowest BCUT2D eigenvalue weighted by Gasteiger charge is -2.26. The summed E-state index contributed by atoms with van der Waals surface area (Å²) in [5.74, 6) is 1.19. The number of ether oxygens (including phenoxy) is 2. The van der Waals surface area contributed by atoms with Crippen molar-refractivity contribution in [3.8, 4) is 5.82 Å². The van der Waals surface area contributed by atoms with Crippen molar-refractivity contribution in [1.82, 2.24) is 14.5 Å². The fourth-order valence-corrected chi connectivity index (χ4v) is 3.93. The molecule has 4 heterocycles. The summed E-state index contributed by atoms with van der Waals surface area (Å²) >= 11 is 0. The molecule has 29 heavy (non-hydrogen) atoms. The highest BCUT2D eigenvalue weighted by Crippen LogP contribution is 2.34. The number of hydrogen-bond acceptors (Lipinski definition) is 5. The van der Waals surface area contributed by atoms with Crippen LogP contribution >= 0.6 is 0 Å². The number of fused-ring (bicyclic) bond motifs is 1.